The highest BCUT2D eigenvalue weighted by atomic mass is 32.2. The smallest absolute Gasteiger partial charge is 0.240 e. The summed E-state index contributed by atoms with van der Waals surface area (Å²) in [5.74, 6) is 0. The molecule has 1 rings (SSSR count). The fourth-order valence-corrected chi connectivity index (χ4v) is 3.19. The second-order valence-corrected chi connectivity index (χ2v) is 6.08. The summed E-state index contributed by atoms with van der Waals surface area (Å²) in [4.78, 5) is 0.335. The highest BCUT2D eigenvalue weighted by molar-refractivity contribution is 7.89. The molecule has 4 nitrogen and oxygen atoms in total. The van der Waals surface area contributed by atoms with Gasteiger partial charge in [0.05, 0.1) is 4.90 Å². The fraction of sp³-hybridized carbons (Fsp3) is 0.538. The van der Waals surface area contributed by atoms with Crippen molar-refractivity contribution in [2.75, 3.05) is 6.54 Å². The van der Waals surface area contributed by atoms with Gasteiger partial charge in [0.1, 0.15) is 0 Å². The lowest BCUT2D eigenvalue weighted by molar-refractivity contribution is 0.575. The number of hydrogen-bond acceptors (Lipinski definition) is 3. The van der Waals surface area contributed by atoms with Crippen LogP contribution in [0.3, 0.4) is 0 Å². The zero-order valence-electron chi connectivity index (χ0n) is 11.1. The summed E-state index contributed by atoms with van der Waals surface area (Å²) < 4.78 is 26.9. The van der Waals surface area contributed by atoms with E-state index in [-0.39, 0.29) is 0 Å². The van der Waals surface area contributed by atoms with E-state index >= 15 is 0 Å². The summed E-state index contributed by atoms with van der Waals surface area (Å²) in [5.41, 5.74) is 7.19. The van der Waals surface area contributed by atoms with E-state index in [9.17, 15) is 8.42 Å². The Bertz CT molecular complexity index is 484. The molecular formula is C13H22N2O2S. The van der Waals surface area contributed by atoms with Crippen molar-refractivity contribution in [3.8, 4) is 0 Å². The molecule has 1 aromatic rings. The monoisotopic (exact) mass is 270 g/mol. The molecule has 1 aromatic carbocycles. The van der Waals surface area contributed by atoms with Crippen molar-refractivity contribution in [3.63, 3.8) is 0 Å². The van der Waals surface area contributed by atoms with Crippen LogP contribution in [-0.2, 0) is 16.6 Å². The largest absolute Gasteiger partial charge is 0.326 e. The van der Waals surface area contributed by atoms with Crippen LogP contribution in [0.5, 0.6) is 0 Å². The van der Waals surface area contributed by atoms with Crippen LogP contribution in [0.2, 0.25) is 0 Å². The van der Waals surface area contributed by atoms with Gasteiger partial charge in [-0.05, 0) is 30.5 Å². The summed E-state index contributed by atoms with van der Waals surface area (Å²) in [7, 11) is -3.41. The summed E-state index contributed by atoms with van der Waals surface area (Å²) in [5, 5.41) is 0. The molecule has 0 saturated heterocycles. The second-order valence-electron chi connectivity index (χ2n) is 4.35. The van der Waals surface area contributed by atoms with E-state index in [1.165, 1.54) is 0 Å². The molecule has 18 heavy (non-hydrogen) atoms. The van der Waals surface area contributed by atoms with Crippen molar-refractivity contribution in [3.05, 3.63) is 29.3 Å². The Balaban J connectivity index is 2.85. The Kier molecular flexibility index (Phi) is 5.78. The Morgan fingerprint density at radius 3 is 2.61 bits per heavy atom. The zero-order valence-corrected chi connectivity index (χ0v) is 11.9. The number of hydrogen-bond donors (Lipinski definition) is 2. The lowest BCUT2D eigenvalue weighted by atomic mass is 10.1. The van der Waals surface area contributed by atoms with Crippen molar-refractivity contribution < 1.29 is 8.42 Å². The highest BCUT2D eigenvalue weighted by Gasteiger charge is 2.17. The average Bonchev–Trinajstić information content (AvgIpc) is 2.35. The van der Waals surface area contributed by atoms with Crippen LogP contribution in [0, 0.1) is 6.92 Å². The van der Waals surface area contributed by atoms with E-state index in [1.54, 1.807) is 19.1 Å². The van der Waals surface area contributed by atoms with E-state index in [1.807, 2.05) is 6.07 Å². The molecule has 0 amide bonds. The van der Waals surface area contributed by atoms with Gasteiger partial charge < -0.3 is 5.73 Å². The standard InChI is InChI=1S/C13H22N2O2S/c1-3-4-5-9-15-18(16,17)13-8-6-7-12(10-14)11(13)2/h6-8,15H,3-5,9-10,14H2,1-2H3. The molecule has 0 spiro atoms. The van der Waals surface area contributed by atoms with Crippen LogP contribution >= 0.6 is 0 Å². The zero-order chi connectivity index (χ0) is 13.6. The number of nitrogens with one attached hydrogen (secondary N) is 1. The fourth-order valence-electron chi connectivity index (χ4n) is 1.83. The molecule has 0 heterocycles. The molecule has 0 saturated carbocycles. The van der Waals surface area contributed by atoms with Gasteiger partial charge in [0, 0.05) is 13.1 Å². The predicted octanol–water partition coefficient (Wildman–Crippen LogP) is 1.92. The van der Waals surface area contributed by atoms with Crippen LogP contribution < -0.4 is 10.5 Å². The molecule has 0 fully saturated rings. The molecular weight excluding hydrogens is 248 g/mol. The molecule has 0 atom stereocenters. The topological polar surface area (TPSA) is 72.2 Å². The minimum Gasteiger partial charge on any atom is -0.326 e. The number of unbranched alkanes of at least 4 members (excludes halogenated alkanes) is 2. The summed E-state index contributed by atoms with van der Waals surface area (Å²) in [6.07, 6.45) is 2.97. The lowest BCUT2D eigenvalue weighted by Gasteiger charge is -2.11. The maximum absolute atomic E-state index is 12.1. The molecule has 0 radical (unpaired) electrons. The average molecular weight is 270 g/mol. The summed E-state index contributed by atoms with van der Waals surface area (Å²) >= 11 is 0. The van der Waals surface area contributed by atoms with E-state index in [0.717, 1.165) is 30.4 Å². The number of benzene rings is 1. The number of rotatable bonds is 7. The molecule has 0 aromatic heterocycles. The van der Waals surface area contributed by atoms with Gasteiger partial charge in [-0.15, -0.1) is 0 Å². The van der Waals surface area contributed by atoms with E-state index in [2.05, 4.69) is 11.6 Å². The normalized spacial score (nSPS) is 11.7. The highest BCUT2D eigenvalue weighted by Crippen LogP contribution is 2.18. The minimum atomic E-state index is -3.41. The molecule has 0 aliphatic carbocycles. The number of nitrogens with two attached hydrogens (primary N) is 1. The van der Waals surface area contributed by atoms with Crippen LogP contribution in [0.25, 0.3) is 0 Å². The Morgan fingerprint density at radius 1 is 1.28 bits per heavy atom. The second kappa shape index (κ2) is 6.87. The molecule has 5 heteroatoms. The molecule has 0 aliphatic rings. The Labute approximate surface area is 110 Å². The first kappa shape index (κ1) is 15.1. The van der Waals surface area contributed by atoms with Gasteiger partial charge in [-0.1, -0.05) is 31.9 Å². The van der Waals surface area contributed by atoms with Gasteiger partial charge >= 0.3 is 0 Å². The van der Waals surface area contributed by atoms with Crippen molar-refractivity contribution in [2.45, 2.75) is 44.6 Å². The van der Waals surface area contributed by atoms with Crippen LogP contribution in [0.1, 0.15) is 37.3 Å². The van der Waals surface area contributed by atoms with Crippen LogP contribution in [-0.4, -0.2) is 15.0 Å². The Morgan fingerprint density at radius 2 is 2.00 bits per heavy atom. The van der Waals surface area contributed by atoms with Crippen molar-refractivity contribution >= 4 is 10.0 Å². The molecule has 3 N–H and O–H groups in total. The SMILES string of the molecule is CCCCCNS(=O)(=O)c1cccc(CN)c1C. The third-order valence-electron chi connectivity index (χ3n) is 2.98. The van der Waals surface area contributed by atoms with Gasteiger partial charge in [-0.25, -0.2) is 13.1 Å². The first-order valence-corrected chi connectivity index (χ1v) is 7.79. The van der Waals surface area contributed by atoms with Gasteiger partial charge in [0.25, 0.3) is 0 Å². The molecule has 0 aliphatic heterocycles. The van der Waals surface area contributed by atoms with Crippen molar-refractivity contribution in [1.29, 1.82) is 0 Å². The molecule has 0 bridgehead atoms. The maximum atomic E-state index is 12.1. The minimum absolute atomic E-state index is 0.335. The lowest BCUT2D eigenvalue weighted by Crippen LogP contribution is -2.25. The quantitative estimate of drug-likeness (QED) is 0.744. The predicted molar refractivity (Wildman–Crippen MR) is 73.8 cm³/mol. The summed E-state index contributed by atoms with van der Waals surface area (Å²) in [6, 6.07) is 5.21. The van der Waals surface area contributed by atoms with E-state index in [4.69, 9.17) is 5.73 Å². The van der Waals surface area contributed by atoms with Crippen LogP contribution in [0.15, 0.2) is 23.1 Å². The number of sulfonamides is 1. The van der Waals surface area contributed by atoms with Crippen molar-refractivity contribution in [1.82, 2.24) is 4.72 Å². The first-order valence-electron chi connectivity index (χ1n) is 6.31. The third-order valence-corrected chi connectivity index (χ3v) is 4.58. The maximum Gasteiger partial charge on any atom is 0.240 e. The van der Waals surface area contributed by atoms with Gasteiger partial charge in [-0.2, -0.15) is 0 Å². The first-order chi connectivity index (χ1) is 8.53. The van der Waals surface area contributed by atoms with E-state index < -0.39 is 10.0 Å². The van der Waals surface area contributed by atoms with Gasteiger partial charge in [-0.3, -0.25) is 0 Å². The van der Waals surface area contributed by atoms with Gasteiger partial charge in [0.15, 0.2) is 0 Å². The Hall–Kier alpha value is -0.910. The van der Waals surface area contributed by atoms with Crippen molar-refractivity contribution in [2.24, 2.45) is 5.73 Å². The van der Waals surface area contributed by atoms with Crippen LogP contribution in [0.4, 0.5) is 0 Å². The van der Waals surface area contributed by atoms with Gasteiger partial charge in [0.2, 0.25) is 10.0 Å². The molecule has 102 valence electrons. The van der Waals surface area contributed by atoms with E-state index in [0.29, 0.717) is 18.0 Å². The molecule has 0 unspecified atom stereocenters. The third kappa shape index (κ3) is 3.80. The summed E-state index contributed by atoms with van der Waals surface area (Å²) in [6.45, 7) is 4.72.